The zero-order chi connectivity index (χ0) is 13.0. The summed E-state index contributed by atoms with van der Waals surface area (Å²) < 4.78 is 26.0. The maximum Gasteiger partial charge on any atom is 0.336 e. The van der Waals surface area contributed by atoms with Gasteiger partial charge in [0.15, 0.2) is 0 Å². The van der Waals surface area contributed by atoms with Gasteiger partial charge in [0.1, 0.15) is 4.21 Å². The molecule has 0 atom stereocenters. The van der Waals surface area contributed by atoms with Crippen molar-refractivity contribution in [2.24, 2.45) is 5.41 Å². The fraction of sp³-hybridized carbons (Fsp3) is 0.545. The van der Waals surface area contributed by atoms with E-state index in [4.69, 9.17) is 5.11 Å². The van der Waals surface area contributed by atoms with Crippen LogP contribution in [-0.4, -0.2) is 36.9 Å². The van der Waals surface area contributed by atoms with E-state index in [-0.39, 0.29) is 15.2 Å². The normalized spacial score (nSPS) is 22.4. The number of carbonyl (C=O) groups is 1. The van der Waals surface area contributed by atoms with E-state index < -0.39 is 16.0 Å². The molecule has 1 aromatic heterocycles. The van der Waals surface area contributed by atoms with Gasteiger partial charge in [0, 0.05) is 18.5 Å². The molecule has 1 saturated heterocycles. The molecule has 0 amide bonds. The van der Waals surface area contributed by atoms with Crippen molar-refractivity contribution in [1.82, 2.24) is 4.31 Å². The number of thiophene rings is 1. The molecule has 1 aromatic rings. The van der Waals surface area contributed by atoms with Gasteiger partial charge in [-0.15, -0.1) is 11.3 Å². The quantitative estimate of drug-likeness (QED) is 0.916. The highest BCUT2D eigenvalue weighted by Gasteiger charge is 2.51. The van der Waals surface area contributed by atoms with E-state index in [1.807, 2.05) is 0 Å². The molecule has 1 N–H and O–H groups in total. The Kier molecular flexibility index (Phi) is 2.55. The van der Waals surface area contributed by atoms with Gasteiger partial charge in [-0.05, 0) is 24.3 Å². The van der Waals surface area contributed by atoms with E-state index >= 15 is 0 Å². The minimum absolute atomic E-state index is 0.0393. The van der Waals surface area contributed by atoms with Crippen molar-refractivity contribution < 1.29 is 18.3 Å². The van der Waals surface area contributed by atoms with Gasteiger partial charge in [0.05, 0.1) is 5.56 Å². The fourth-order valence-electron chi connectivity index (χ4n) is 2.56. The Morgan fingerprint density at radius 1 is 1.39 bits per heavy atom. The van der Waals surface area contributed by atoms with Crippen LogP contribution < -0.4 is 0 Å². The molecule has 98 valence electrons. The molecule has 1 aliphatic heterocycles. The highest BCUT2D eigenvalue weighted by molar-refractivity contribution is 7.91. The van der Waals surface area contributed by atoms with Gasteiger partial charge in [-0.2, -0.15) is 4.31 Å². The zero-order valence-corrected chi connectivity index (χ0v) is 11.3. The molecule has 2 heterocycles. The largest absolute Gasteiger partial charge is 0.478 e. The number of carboxylic acid groups (broad SMARTS) is 1. The van der Waals surface area contributed by atoms with Gasteiger partial charge < -0.3 is 5.11 Å². The third-order valence-electron chi connectivity index (χ3n) is 3.85. The van der Waals surface area contributed by atoms with E-state index in [2.05, 4.69) is 0 Å². The van der Waals surface area contributed by atoms with E-state index in [9.17, 15) is 13.2 Å². The predicted octanol–water partition coefficient (Wildman–Crippen LogP) is 1.62. The maximum atomic E-state index is 12.2. The van der Waals surface area contributed by atoms with E-state index in [0.717, 1.165) is 24.2 Å². The number of nitrogens with zero attached hydrogens (tertiary/aromatic N) is 1. The first-order valence-corrected chi connectivity index (χ1v) is 8.07. The van der Waals surface area contributed by atoms with E-state index in [0.29, 0.717) is 13.1 Å². The van der Waals surface area contributed by atoms with E-state index in [1.165, 1.54) is 22.2 Å². The fourth-order valence-corrected chi connectivity index (χ4v) is 5.53. The lowest BCUT2D eigenvalue weighted by atomic mass is 9.65. The van der Waals surface area contributed by atoms with Crippen molar-refractivity contribution in [3.05, 3.63) is 17.0 Å². The van der Waals surface area contributed by atoms with Crippen LogP contribution in [0.15, 0.2) is 15.7 Å². The highest BCUT2D eigenvalue weighted by atomic mass is 32.2. The summed E-state index contributed by atoms with van der Waals surface area (Å²) in [6.45, 7) is 1.19. The Labute approximate surface area is 109 Å². The third-order valence-corrected chi connectivity index (χ3v) is 7.06. The molecule has 2 aliphatic rings. The second-order valence-electron chi connectivity index (χ2n) is 5.09. The van der Waals surface area contributed by atoms with Crippen LogP contribution in [0, 0.1) is 5.41 Å². The van der Waals surface area contributed by atoms with E-state index in [1.54, 1.807) is 0 Å². The predicted molar refractivity (Wildman–Crippen MR) is 66.3 cm³/mol. The average Bonchev–Trinajstić information content (AvgIpc) is 2.60. The Hall–Kier alpha value is -0.920. The molecule has 1 aliphatic carbocycles. The summed E-state index contributed by atoms with van der Waals surface area (Å²) >= 11 is 0.978. The number of hydrogen-bond donors (Lipinski definition) is 1. The smallest absolute Gasteiger partial charge is 0.336 e. The SMILES string of the molecule is O=C(O)c1csc(S(=O)(=O)N2CC3(CCC3)C2)c1. The van der Waals surface area contributed by atoms with Crippen LogP contribution in [-0.2, 0) is 10.0 Å². The molecule has 1 saturated carbocycles. The summed E-state index contributed by atoms with van der Waals surface area (Å²) in [6, 6.07) is 1.24. The van der Waals surface area contributed by atoms with Crippen molar-refractivity contribution in [3.8, 4) is 0 Å². The number of sulfonamides is 1. The molecule has 3 rings (SSSR count). The molecule has 0 aromatic carbocycles. The zero-order valence-electron chi connectivity index (χ0n) is 9.63. The molecule has 7 heteroatoms. The van der Waals surface area contributed by atoms with Crippen LogP contribution in [0.3, 0.4) is 0 Å². The lowest BCUT2D eigenvalue weighted by Crippen LogP contribution is -2.61. The van der Waals surface area contributed by atoms with Crippen LogP contribution in [0.5, 0.6) is 0 Å². The molecule has 1 spiro atoms. The number of rotatable bonds is 3. The summed E-state index contributed by atoms with van der Waals surface area (Å²) in [6.07, 6.45) is 3.42. The van der Waals surface area contributed by atoms with Crippen LogP contribution >= 0.6 is 11.3 Å². The molecular weight excluding hydrogens is 274 g/mol. The summed E-state index contributed by atoms with van der Waals surface area (Å²) in [7, 11) is -3.47. The standard InChI is InChI=1S/C11H13NO4S2/c13-10(14)8-4-9(17-5-8)18(15,16)12-6-11(7-12)2-1-3-11/h4-5H,1-3,6-7H2,(H,13,14). The third kappa shape index (κ3) is 1.69. The first-order valence-electron chi connectivity index (χ1n) is 5.75. The van der Waals surface area contributed by atoms with Gasteiger partial charge in [-0.3, -0.25) is 0 Å². The van der Waals surface area contributed by atoms with Crippen molar-refractivity contribution in [1.29, 1.82) is 0 Å². The summed E-state index contributed by atoms with van der Waals surface area (Å²) in [4.78, 5) is 10.8. The van der Waals surface area contributed by atoms with Gasteiger partial charge >= 0.3 is 5.97 Å². The Bertz CT molecular complexity index is 592. The molecule has 0 bridgehead atoms. The Morgan fingerprint density at radius 2 is 2.06 bits per heavy atom. The van der Waals surface area contributed by atoms with Crippen molar-refractivity contribution in [2.75, 3.05) is 13.1 Å². The molecule has 0 radical (unpaired) electrons. The average molecular weight is 287 g/mol. The van der Waals surface area contributed by atoms with Crippen molar-refractivity contribution in [2.45, 2.75) is 23.5 Å². The van der Waals surface area contributed by atoms with Crippen LogP contribution in [0.1, 0.15) is 29.6 Å². The first kappa shape index (κ1) is 12.1. The second-order valence-corrected chi connectivity index (χ2v) is 8.16. The van der Waals surface area contributed by atoms with Gasteiger partial charge in [0.25, 0.3) is 10.0 Å². The van der Waals surface area contributed by atoms with Crippen molar-refractivity contribution in [3.63, 3.8) is 0 Å². The highest BCUT2D eigenvalue weighted by Crippen LogP contribution is 2.49. The van der Waals surface area contributed by atoms with Crippen LogP contribution in [0.2, 0.25) is 0 Å². The monoisotopic (exact) mass is 287 g/mol. The molecular formula is C11H13NO4S2. The summed E-state index contributed by atoms with van der Waals surface area (Å²) in [5.74, 6) is -1.09. The lowest BCUT2D eigenvalue weighted by molar-refractivity contribution is -0.00782. The van der Waals surface area contributed by atoms with Crippen LogP contribution in [0.25, 0.3) is 0 Å². The lowest BCUT2D eigenvalue weighted by Gasteiger charge is -2.54. The van der Waals surface area contributed by atoms with Crippen molar-refractivity contribution >= 4 is 27.3 Å². The van der Waals surface area contributed by atoms with Gasteiger partial charge in [0.2, 0.25) is 0 Å². The molecule has 18 heavy (non-hydrogen) atoms. The maximum absolute atomic E-state index is 12.2. The minimum atomic E-state index is -3.47. The first-order chi connectivity index (χ1) is 8.43. The second kappa shape index (κ2) is 3.79. The Balaban J connectivity index is 1.80. The summed E-state index contributed by atoms with van der Waals surface area (Å²) in [5.41, 5.74) is 0.275. The number of carboxylic acids is 1. The molecule has 0 unspecified atom stereocenters. The Morgan fingerprint density at radius 3 is 2.50 bits per heavy atom. The topological polar surface area (TPSA) is 74.7 Å². The van der Waals surface area contributed by atoms with Gasteiger partial charge in [-0.1, -0.05) is 6.42 Å². The molecule has 5 nitrogen and oxygen atoms in total. The summed E-state index contributed by atoms with van der Waals surface area (Å²) in [5, 5.41) is 10.2. The molecule has 2 fully saturated rings. The number of hydrogen-bond acceptors (Lipinski definition) is 4. The van der Waals surface area contributed by atoms with Gasteiger partial charge in [-0.25, -0.2) is 13.2 Å². The minimum Gasteiger partial charge on any atom is -0.478 e. The number of aromatic carboxylic acids is 1. The van der Waals surface area contributed by atoms with Crippen LogP contribution in [0.4, 0.5) is 0 Å².